The van der Waals surface area contributed by atoms with Gasteiger partial charge in [-0.25, -0.2) is 0 Å². The number of primary amides is 1. The lowest BCUT2D eigenvalue weighted by molar-refractivity contribution is -0.140. The Morgan fingerprint density at radius 3 is 2.12 bits per heavy atom. The van der Waals surface area contributed by atoms with Crippen molar-refractivity contribution in [3.05, 3.63) is 35.9 Å². The normalized spacial score (nSPS) is 18.6. The molecule has 3 rings (SSSR count). The third-order valence-corrected chi connectivity index (χ3v) is 7.02. The first-order valence-corrected chi connectivity index (χ1v) is 11.8. The minimum absolute atomic E-state index is 0.0481. The second kappa shape index (κ2) is 11.3. The second-order valence-corrected chi connectivity index (χ2v) is 9.30. The Morgan fingerprint density at radius 2 is 1.62 bits per heavy atom. The predicted octanol–water partition coefficient (Wildman–Crippen LogP) is 3.35. The summed E-state index contributed by atoms with van der Waals surface area (Å²) in [4.78, 5) is 25.0. The topological polar surface area (TPSA) is 146 Å². The fourth-order valence-corrected chi connectivity index (χ4v) is 5.13. The van der Waals surface area contributed by atoms with E-state index in [0.29, 0.717) is 41.3 Å². The highest BCUT2D eigenvalue weighted by molar-refractivity contribution is 7.99. The first-order chi connectivity index (χ1) is 16.3. The monoisotopic (exact) mass is 489 g/mol. The number of hydrogen-bond donors (Lipinski definition) is 4. The number of benzene rings is 2. The summed E-state index contributed by atoms with van der Waals surface area (Å²) in [5.74, 6) is 0.0741. The molecule has 0 heterocycles. The minimum Gasteiger partial charge on any atom is -0.493 e. The number of carbonyl (C=O) groups is 2. The molecule has 9 nitrogen and oxygen atoms in total. The fourth-order valence-electron chi connectivity index (χ4n) is 4.22. The summed E-state index contributed by atoms with van der Waals surface area (Å²) in [7, 11) is 4.68. The van der Waals surface area contributed by atoms with Gasteiger partial charge in [-0.3, -0.25) is 9.59 Å². The van der Waals surface area contributed by atoms with Crippen LogP contribution in [0.2, 0.25) is 0 Å². The van der Waals surface area contributed by atoms with Gasteiger partial charge in [0.2, 0.25) is 5.75 Å². The van der Waals surface area contributed by atoms with Crippen molar-refractivity contribution in [2.24, 2.45) is 17.4 Å². The van der Waals surface area contributed by atoms with Crippen LogP contribution in [0.25, 0.3) is 0 Å². The lowest BCUT2D eigenvalue weighted by Gasteiger charge is -2.32. The molecule has 1 fully saturated rings. The third kappa shape index (κ3) is 5.87. The van der Waals surface area contributed by atoms with Crippen LogP contribution in [-0.2, 0) is 4.79 Å². The van der Waals surface area contributed by atoms with Crippen LogP contribution in [0.15, 0.2) is 40.1 Å². The molecular formula is C24H31N3O6S. The van der Waals surface area contributed by atoms with E-state index in [2.05, 4.69) is 5.32 Å². The molecule has 1 aliphatic rings. The highest BCUT2D eigenvalue weighted by Crippen LogP contribution is 2.43. The van der Waals surface area contributed by atoms with E-state index in [9.17, 15) is 9.59 Å². The lowest BCUT2D eigenvalue weighted by Crippen LogP contribution is -2.41. The van der Waals surface area contributed by atoms with E-state index < -0.39 is 17.9 Å². The van der Waals surface area contributed by atoms with Crippen LogP contribution >= 0.6 is 11.8 Å². The van der Waals surface area contributed by atoms with Gasteiger partial charge in [-0.2, -0.15) is 0 Å². The summed E-state index contributed by atoms with van der Waals surface area (Å²) in [6, 6.07) is 8.39. The van der Waals surface area contributed by atoms with Crippen molar-refractivity contribution >= 4 is 29.3 Å². The summed E-state index contributed by atoms with van der Waals surface area (Å²) in [6.07, 6.45) is 2.93. The maximum Gasteiger partial charge on any atom is 0.320 e. The third-order valence-electron chi connectivity index (χ3n) is 6.05. The molecule has 0 spiro atoms. The molecule has 184 valence electrons. The van der Waals surface area contributed by atoms with Crippen molar-refractivity contribution in [1.29, 1.82) is 0 Å². The van der Waals surface area contributed by atoms with Crippen molar-refractivity contribution in [1.82, 2.24) is 0 Å². The average molecular weight is 490 g/mol. The molecule has 1 atom stereocenters. The van der Waals surface area contributed by atoms with Gasteiger partial charge in [0, 0.05) is 21.5 Å². The van der Waals surface area contributed by atoms with Crippen molar-refractivity contribution < 1.29 is 28.9 Å². The molecular weight excluding hydrogens is 458 g/mol. The standard InChI is InChI=1S/C24H31N3O6S/c1-31-19-11-16(12-20(32-2)22(19)33-3)34-15-8-9-17(23(26)28)18(10-15)27-14-6-4-13(5-7-14)21(25)24(29)30/h8-14,21,27H,4-7,25H2,1-3H3,(H2,26,28)(H,29,30). The summed E-state index contributed by atoms with van der Waals surface area (Å²) in [6.45, 7) is 0. The lowest BCUT2D eigenvalue weighted by atomic mass is 9.81. The summed E-state index contributed by atoms with van der Waals surface area (Å²) in [5, 5.41) is 12.6. The number of aliphatic carboxylic acids is 1. The molecule has 0 aliphatic heterocycles. The zero-order valence-electron chi connectivity index (χ0n) is 19.5. The number of carboxylic acids is 1. The number of anilines is 1. The van der Waals surface area contributed by atoms with Gasteiger partial charge in [0.15, 0.2) is 11.5 Å². The predicted molar refractivity (Wildman–Crippen MR) is 130 cm³/mol. The summed E-state index contributed by atoms with van der Waals surface area (Å²) < 4.78 is 16.3. The first kappa shape index (κ1) is 25.5. The molecule has 1 aliphatic carbocycles. The molecule has 2 aromatic rings. The van der Waals surface area contributed by atoms with Gasteiger partial charge in [-0.05, 0) is 61.9 Å². The molecule has 1 saturated carbocycles. The number of rotatable bonds is 10. The Bertz CT molecular complexity index is 1010. The molecule has 10 heteroatoms. The number of nitrogens with two attached hydrogens (primary N) is 2. The maximum atomic E-state index is 12.0. The molecule has 1 amide bonds. The van der Waals surface area contributed by atoms with Gasteiger partial charge >= 0.3 is 5.97 Å². The van der Waals surface area contributed by atoms with Gasteiger partial charge in [0.1, 0.15) is 6.04 Å². The molecule has 0 radical (unpaired) electrons. The summed E-state index contributed by atoms with van der Waals surface area (Å²) in [5.41, 5.74) is 12.5. The van der Waals surface area contributed by atoms with Crippen LogP contribution in [0.4, 0.5) is 5.69 Å². The smallest absolute Gasteiger partial charge is 0.320 e. The van der Waals surface area contributed by atoms with Crippen molar-refractivity contribution in [2.45, 2.75) is 47.6 Å². The number of methoxy groups -OCH3 is 3. The number of carbonyl (C=O) groups excluding carboxylic acids is 1. The number of hydrogen-bond acceptors (Lipinski definition) is 8. The molecule has 1 unspecified atom stereocenters. The van der Waals surface area contributed by atoms with Crippen LogP contribution in [0.1, 0.15) is 36.0 Å². The largest absolute Gasteiger partial charge is 0.493 e. The number of ether oxygens (including phenoxy) is 3. The van der Waals surface area contributed by atoms with E-state index in [1.807, 2.05) is 24.3 Å². The van der Waals surface area contributed by atoms with Crippen molar-refractivity contribution in [3.63, 3.8) is 0 Å². The first-order valence-electron chi connectivity index (χ1n) is 10.9. The van der Waals surface area contributed by atoms with Crippen molar-refractivity contribution in [3.8, 4) is 17.2 Å². The van der Waals surface area contributed by atoms with E-state index in [1.54, 1.807) is 27.4 Å². The Hall–Kier alpha value is -3.11. The molecule has 6 N–H and O–H groups in total. The van der Waals surface area contributed by atoms with Gasteiger partial charge in [-0.1, -0.05) is 11.8 Å². The quantitative estimate of drug-likeness (QED) is 0.394. The van der Waals surface area contributed by atoms with Crippen LogP contribution in [0, 0.1) is 5.92 Å². The Balaban J connectivity index is 1.80. The van der Waals surface area contributed by atoms with Crippen molar-refractivity contribution in [2.75, 3.05) is 26.6 Å². The Kier molecular flexibility index (Phi) is 8.51. The van der Waals surface area contributed by atoms with Crippen LogP contribution in [-0.4, -0.2) is 50.4 Å². The van der Waals surface area contributed by atoms with E-state index in [4.69, 9.17) is 30.8 Å². The maximum absolute atomic E-state index is 12.0. The number of amides is 1. The molecule has 34 heavy (non-hydrogen) atoms. The highest BCUT2D eigenvalue weighted by Gasteiger charge is 2.29. The van der Waals surface area contributed by atoms with Crippen LogP contribution in [0.3, 0.4) is 0 Å². The number of carboxylic acid groups (broad SMARTS) is 1. The summed E-state index contributed by atoms with van der Waals surface area (Å²) >= 11 is 1.48. The number of nitrogens with one attached hydrogen (secondary N) is 1. The average Bonchev–Trinajstić information content (AvgIpc) is 2.83. The van der Waals surface area contributed by atoms with Gasteiger partial charge in [0.25, 0.3) is 5.91 Å². The van der Waals surface area contributed by atoms with Crippen LogP contribution < -0.4 is 31.0 Å². The second-order valence-electron chi connectivity index (χ2n) is 8.15. The SMILES string of the molecule is COc1cc(Sc2ccc(C(N)=O)c(NC3CCC(C(N)C(=O)O)CC3)c2)cc(OC)c1OC. The Morgan fingerprint density at radius 1 is 1.00 bits per heavy atom. The molecule has 0 aromatic heterocycles. The molecule has 2 aromatic carbocycles. The zero-order chi connectivity index (χ0) is 24.8. The van der Waals surface area contributed by atoms with Crippen LogP contribution in [0.5, 0.6) is 17.2 Å². The van der Waals surface area contributed by atoms with E-state index in [0.717, 1.165) is 22.6 Å². The van der Waals surface area contributed by atoms with Gasteiger partial charge in [0.05, 0.1) is 26.9 Å². The molecule has 0 bridgehead atoms. The Labute approximate surface area is 203 Å². The van der Waals surface area contributed by atoms with E-state index in [1.165, 1.54) is 11.8 Å². The van der Waals surface area contributed by atoms with E-state index in [-0.39, 0.29) is 12.0 Å². The molecule has 0 saturated heterocycles. The zero-order valence-corrected chi connectivity index (χ0v) is 20.3. The fraction of sp³-hybridized carbons (Fsp3) is 0.417. The van der Waals surface area contributed by atoms with E-state index >= 15 is 0 Å². The van der Waals surface area contributed by atoms with Gasteiger partial charge in [-0.15, -0.1) is 0 Å². The van der Waals surface area contributed by atoms with Gasteiger partial charge < -0.3 is 36.1 Å². The highest BCUT2D eigenvalue weighted by atomic mass is 32.2. The minimum atomic E-state index is -0.969.